The van der Waals surface area contributed by atoms with Gasteiger partial charge in [0.15, 0.2) is 5.11 Å². The smallest absolute Gasteiger partial charge is 0.309 e. The molecule has 148 valence electrons. The van der Waals surface area contributed by atoms with Gasteiger partial charge in [0.1, 0.15) is 5.57 Å². The third-order valence-electron chi connectivity index (χ3n) is 4.86. The highest BCUT2D eigenvalue weighted by Gasteiger charge is 2.35. The average molecular weight is 401 g/mol. The van der Waals surface area contributed by atoms with Gasteiger partial charge in [0.2, 0.25) is 0 Å². The minimum Gasteiger partial charge on any atom is -0.466 e. The first-order valence-corrected chi connectivity index (χ1v) is 9.70. The first-order chi connectivity index (χ1) is 13.4. The molecule has 2 amide bonds. The fraction of sp³-hybridized carbons (Fsp3) is 0.400. The molecule has 0 saturated carbocycles. The molecule has 0 bridgehead atoms. The van der Waals surface area contributed by atoms with Crippen LogP contribution >= 0.6 is 12.2 Å². The number of nitrogens with one attached hydrogen (secondary N) is 1. The number of carbonyl (C=O) groups excluding carboxylic acids is 3. The molecular weight excluding hydrogens is 378 g/mol. The Labute approximate surface area is 169 Å². The largest absolute Gasteiger partial charge is 0.466 e. The molecule has 0 aliphatic carbocycles. The van der Waals surface area contributed by atoms with Crippen LogP contribution in [0.2, 0.25) is 0 Å². The second-order valence-corrected chi connectivity index (χ2v) is 7.23. The summed E-state index contributed by atoms with van der Waals surface area (Å²) in [5.74, 6) is -1.28. The van der Waals surface area contributed by atoms with E-state index in [1.807, 2.05) is 24.0 Å². The number of hydrogen-bond acceptors (Lipinski definition) is 6. The van der Waals surface area contributed by atoms with Crippen molar-refractivity contribution >= 4 is 40.8 Å². The van der Waals surface area contributed by atoms with Crippen LogP contribution in [0.3, 0.4) is 0 Å². The molecule has 2 aliphatic heterocycles. The third kappa shape index (κ3) is 4.22. The lowest BCUT2D eigenvalue weighted by atomic mass is 9.97. The predicted molar refractivity (Wildman–Crippen MR) is 108 cm³/mol. The van der Waals surface area contributed by atoms with Crippen molar-refractivity contribution in [1.29, 1.82) is 0 Å². The van der Waals surface area contributed by atoms with E-state index in [0.717, 1.165) is 5.56 Å². The van der Waals surface area contributed by atoms with Crippen LogP contribution in [-0.2, 0) is 19.1 Å². The number of aryl methyl sites for hydroxylation is 1. The van der Waals surface area contributed by atoms with Crippen molar-refractivity contribution in [2.75, 3.05) is 24.6 Å². The van der Waals surface area contributed by atoms with Gasteiger partial charge in [-0.15, -0.1) is 0 Å². The molecule has 2 fully saturated rings. The van der Waals surface area contributed by atoms with Crippen LogP contribution in [-0.4, -0.2) is 47.5 Å². The van der Waals surface area contributed by atoms with Crippen LogP contribution in [0, 0.1) is 12.8 Å². The molecule has 2 aliphatic rings. The Balaban J connectivity index is 1.75. The van der Waals surface area contributed by atoms with Crippen LogP contribution in [0.15, 0.2) is 36.0 Å². The molecule has 8 heteroatoms. The van der Waals surface area contributed by atoms with E-state index < -0.39 is 11.8 Å². The molecule has 7 nitrogen and oxygen atoms in total. The number of nitrogens with zero attached hydrogens (tertiary/aromatic N) is 2. The number of carbonyl (C=O) groups is 3. The molecule has 0 unspecified atom stereocenters. The summed E-state index contributed by atoms with van der Waals surface area (Å²) >= 11 is 5.20. The molecular formula is C20H23N3O4S. The van der Waals surface area contributed by atoms with Crippen LogP contribution in [0.1, 0.15) is 25.3 Å². The van der Waals surface area contributed by atoms with E-state index in [-0.39, 0.29) is 22.6 Å². The van der Waals surface area contributed by atoms with E-state index in [1.54, 1.807) is 25.3 Å². The molecule has 0 atom stereocenters. The summed E-state index contributed by atoms with van der Waals surface area (Å²) in [5.41, 5.74) is 1.69. The highest BCUT2D eigenvalue weighted by molar-refractivity contribution is 7.80. The number of piperidine rings is 1. The number of anilines is 1. The highest BCUT2D eigenvalue weighted by atomic mass is 32.1. The summed E-state index contributed by atoms with van der Waals surface area (Å²) < 4.78 is 5.07. The van der Waals surface area contributed by atoms with Gasteiger partial charge in [-0.1, -0.05) is 17.7 Å². The Morgan fingerprint density at radius 2 is 1.89 bits per heavy atom. The number of hydrogen-bond donors (Lipinski definition) is 1. The normalized spacial score (nSPS) is 19.8. The number of likely N-dealkylation sites (tertiary alicyclic amines) is 1. The SMILES string of the molecule is CCOC(=O)C1CCN(/C=C2\C(=O)NC(=S)N(c3ccc(C)cc3)C2=O)CC1. The molecule has 3 rings (SSSR count). The number of thiocarbonyl (C=S) groups is 1. The van der Waals surface area contributed by atoms with Crippen LogP contribution in [0.4, 0.5) is 5.69 Å². The van der Waals surface area contributed by atoms with Gasteiger partial charge in [-0.3, -0.25) is 24.6 Å². The summed E-state index contributed by atoms with van der Waals surface area (Å²) in [4.78, 5) is 40.4. The van der Waals surface area contributed by atoms with E-state index >= 15 is 0 Å². The van der Waals surface area contributed by atoms with Crippen molar-refractivity contribution in [3.05, 3.63) is 41.6 Å². The zero-order chi connectivity index (χ0) is 20.3. The van der Waals surface area contributed by atoms with Gasteiger partial charge in [-0.25, -0.2) is 0 Å². The van der Waals surface area contributed by atoms with Gasteiger partial charge in [0.05, 0.1) is 18.2 Å². The Hall–Kier alpha value is -2.74. The number of ether oxygens (including phenoxy) is 1. The molecule has 1 aromatic rings. The quantitative estimate of drug-likeness (QED) is 0.359. The fourth-order valence-corrected chi connectivity index (χ4v) is 3.56. The standard InChI is InChI=1S/C20H23N3O4S/c1-3-27-19(26)14-8-10-22(11-9-14)12-16-17(24)21-20(28)23(18(16)25)15-6-4-13(2)5-7-15/h4-7,12,14H,3,8-11H2,1-2H3,(H,21,24,28)/b16-12+. The molecule has 28 heavy (non-hydrogen) atoms. The van der Waals surface area contributed by atoms with E-state index in [9.17, 15) is 14.4 Å². The molecule has 0 spiro atoms. The summed E-state index contributed by atoms with van der Waals surface area (Å²) in [6.07, 6.45) is 2.82. The maximum atomic E-state index is 13.0. The van der Waals surface area contributed by atoms with Crippen molar-refractivity contribution in [2.24, 2.45) is 5.92 Å². The second kappa shape index (κ2) is 8.52. The average Bonchev–Trinajstić information content (AvgIpc) is 2.67. The van der Waals surface area contributed by atoms with E-state index in [4.69, 9.17) is 17.0 Å². The summed E-state index contributed by atoms with van der Waals surface area (Å²) in [5, 5.41) is 2.65. The molecule has 2 saturated heterocycles. The predicted octanol–water partition coefficient (Wildman–Crippen LogP) is 1.90. The topological polar surface area (TPSA) is 79.0 Å². The summed E-state index contributed by atoms with van der Waals surface area (Å²) in [6.45, 7) is 5.25. The zero-order valence-corrected chi connectivity index (χ0v) is 16.8. The highest BCUT2D eigenvalue weighted by Crippen LogP contribution is 2.23. The monoisotopic (exact) mass is 401 g/mol. The Bertz CT molecular complexity index is 826. The molecule has 1 aromatic carbocycles. The second-order valence-electron chi connectivity index (χ2n) is 6.84. The van der Waals surface area contributed by atoms with Gasteiger partial charge in [-0.05, 0) is 51.0 Å². The van der Waals surface area contributed by atoms with Crippen molar-refractivity contribution in [3.63, 3.8) is 0 Å². The first-order valence-electron chi connectivity index (χ1n) is 9.29. The molecule has 1 N–H and O–H groups in total. The fourth-order valence-electron chi connectivity index (χ4n) is 3.28. The lowest BCUT2D eigenvalue weighted by Gasteiger charge is -2.33. The first kappa shape index (κ1) is 20.0. The van der Waals surface area contributed by atoms with Crippen molar-refractivity contribution in [3.8, 4) is 0 Å². The minimum atomic E-state index is -0.508. The van der Waals surface area contributed by atoms with Gasteiger partial charge >= 0.3 is 5.97 Å². The third-order valence-corrected chi connectivity index (χ3v) is 5.14. The number of esters is 1. The Morgan fingerprint density at radius 1 is 1.25 bits per heavy atom. The maximum absolute atomic E-state index is 13.0. The molecule has 0 aromatic heterocycles. The minimum absolute atomic E-state index is 0.0313. The number of amides is 2. The van der Waals surface area contributed by atoms with E-state index in [1.165, 1.54) is 4.90 Å². The van der Waals surface area contributed by atoms with E-state index in [2.05, 4.69) is 5.32 Å². The Kier molecular flexibility index (Phi) is 6.08. The van der Waals surface area contributed by atoms with Crippen LogP contribution in [0.25, 0.3) is 0 Å². The van der Waals surface area contributed by atoms with Gasteiger partial charge in [-0.2, -0.15) is 0 Å². The Morgan fingerprint density at radius 3 is 2.50 bits per heavy atom. The van der Waals surface area contributed by atoms with Crippen LogP contribution < -0.4 is 10.2 Å². The van der Waals surface area contributed by atoms with Crippen molar-refractivity contribution in [2.45, 2.75) is 26.7 Å². The van der Waals surface area contributed by atoms with Crippen molar-refractivity contribution < 1.29 is 19.1 Å². The lowest BCUT2D eigenvalue weighted by Crippen LogP contribution is -2.54. The number of rotatable bonds is 4. The van der Waals surface area contributed by atoms with Crippen molar-refractivity contribution in [1.82, 2.24) is 10.2 Å². The van der Waals surface area contributed by atoms with Gasteiger partial charge in [0.25, 0.3) is 11.8 Å². The lowest BCUT2D eigenvalue weighted by molar-refractivity contribution is -0.149. The molecule has 0 radical (unpaired) electrons. The van der Waals surface area contributed by atoms with Gasteiger partial charge < -0.3 is 9.64 Å². The molecule has 2 heterocycles. The van der Waals surface area contributed by atoms with Crippen LogP contribution in [0.5, 0.6) is 0 Å². The summed E-state index contributed by atoms with van der Waals surface area (Å²) in [6, 6.07) is 7.34. The van der Waals surface area contributed by atoms with Gasteiger partial charge in [0, 0.05) is 19.3 Å². The number of benzene rings is 1. The maximum Gasteiger partial charge on any atom is 0.309 e. The zero-order valence-electron chi connectivity index (χ0n) is 15.9. The summed E-state index contributed by atoms with van der Waals surface area (Å²) in [7, 11) is 0. The van der Waals surface area contributed by atoms with E-state index in [0.29, 0.717) is 38.2 Å².